The molecular formula is C43H68N7O19P3. The zero-order valence-corrected chi connectivity index (χ0v) is 43.7. The van der Waals surface area contributed by atoms with Gasteiger partial charge in [-0.1, -0.05) is 58.4 Å². The molecule has 26 nitrogen and oxygen atoms in total. The van der Waals surface area contributed by atoms with Crippen molar-refractivity contribution in [1.82, 2.24) is 30.2 Å². The normalized spacial score (nSPS) is 19.8. The molecule has 1 fully saturated rings. The van der Waals surface area contributed by atoms with Crippen molar-refractivity contribution in [2.24, 2.45) is 10.8 Å². The molecule has 3 aromatic rings. The number of ether oxygens (including phenoxy) is 2. The number of aromatic nitrogens is 4. The molecule has 0 radical (unpaired) electrons. The average molecular weight is 1080 g/mol. The van der Waals surface area contributed by atoms with Crippen molar-refractivity contribution in [3.05, 3.63) is 48.0 Å². The molecule has 4 rings (SSSR count). The Morgan fingerprint density at radius 3 is 2.15 bits per heavy atom. The minimum absolute atomic E-state index is 0.0131. The molecule has 0 bridgehead atoms. The fraction of sp³-hybridized carbons (Fsp3) is 0.651. The Bertz CT molecular complexity index is 2470. The zero-order chi connectivity index (χ0) is 53.7. The highest BCUT2D eigenvalue weighted by atomic mass is 31.3. The molecule has 1 aliphatic heterocycles. The molecule has 2 amide bonds. The van der Waals surface area contributed by atoms with E-state index in [0.29, 0.717) is 12.9 Å². The molecule has 1 aliphatic rings. The molecule has 0 aliphatic carbocycles. The molecule has 1 aromatic carbocycles. The number of hydrogen-bond donors (Lipinski definition) is 9. The first-order chi connectivity index (χ1) is 33.4. The monoisotopic (exact) mass is 1080 g/mol. The standard InChI is InChI=1S/C43H68N7O19P3/c1-41(2,18-9-7-12-28-14-11-15-29(22-28)13-8-10-19-43(5,6)64-27-51)31(52)16-20-45-32(53)17-21-46-39(56)36(55)42(3,4)24-66-72(62,63)69-71(60,61)65-23-30-35(68-70(57,58)59)34(54)40(67-30)50-26-49-33-37(44)47-25-48-38(33)50/h11,14-15,22,25-27,30,34-36,40,54-55H,7-10,12-13,16-21,23-24H2,1-6H3,(H,45,53)(H,46,56)(H,60,61)(H,62,63)(H2,44,47,48)(H2,57,58,59). The van der Waals surface area contributed by atoms with E-state index in [1.165, 1.54) is 25.0 Å². The molecule has 10 N–H and O–H groups in total. The van der Waals surface area contributed by atoms with Crippen LogP contribution >= 0.6 is 23.5 Å². The van der Waals surface area contributed by atoms with Crippen LogP contribution in [0.5, 0.6) is 0 Å². The topological polar surface area (TPSA) is 390 Å². The van der Waals surface area contributed by atoms with E-state index in [1.54, 1.807) is 0 Å². The number of nitrogens with two attached hydrogens (primary N) is 1. The number of aliphatic hydroxyl groups excluding tert-OH is 2. The van der Waals surface area contributed by atoms with Gasteiger partial charge in [0.05, 0.1) is 19.5 Å². The zero-order valence-electron chi connectivity index (χ0n) is 41.0. The Labute approximate surface area is 416 Å². The van der Waals surface area contributed by atoms with Crippen LogP contribution in [0, 0.1) is 10.8 Å². The van der Waals surface area contributed by atoms with Gasteiger partial charge in [-0.2, -0.15) is 4.31 Å². The van der Waals surface area contributed by atoms with Crippen LogP contribution in [0.1, 0.15) is 110 Å². The van der Waals surface area contributed by atoms with Gasteiger partial charge in [0.25, 0.3) is 6.47 Å². The number of Topliss-reactive ketones (excluding diaryl/α,β-unsaturated/α-hetero) is 1. The molecule has 72 heavy (non-hydrogen) atoms. The first-order valence-corrected chi connectivity index (χ1v) is 27.6. The molecule has 29 heteroatoms. The predicted octanol–water partition coefficient (Wildman–Crippen LogP) is 3.47. The number of phosphoric ester groups is 3. The number of unbranched alkanes of at least 4 members (excludes halogenated alkanes) is 2. The maximum atomic E-state index is 13.1. The van der Waals surface area contributed by atoms with Gasteiger partial charge >= 0.3 is 23.5 Å². The van der Waals surface area contributed by atoms with E-state index in [9.17, 15) is 62.7 Å². The third-order valence-corrected chi connectivity index (χ3v) is 15.0. The Morgan fingerprint density at radius 2 is 1.51 bits per heavy atom. The summed E-state index contributed by atoms with van der Waals surface area (Å²) in [7, 11) is -16.5. The maximum absolute atomic E-state index is 13.1. The van der Waals surface area contributed by atoms with Gasteiger partial charge in [-0.05, 0) is 69.9 Å². The number of nitrogens with zero attached hydrogens (tertiary/aromatic N) is 4. The second-order valence-corrected chi connectivity index (χ2v) is 23.6. The average Bonchev–Trinajstić information content (AvgIpc) is 3.84. The maximum Gasteiger partial charge on any atom is 0.481 e. The highest BCUT2D eigenvalue weighted by Crippen LogP contribution is 2.61. The molecule has 1 saturated heterocycles. The van der Waals surface area contributed by atoms with Crippen LogP contribution in [-0.4, -0.2) is 130 Å². The fourth-order valence-electron chi connectivity index (χ4n) is 7.64. The van der Waals surface area contributed by atoms with Gasteiger partial charge in [0, 0.05) is 36.8 Å². The van der Waals surface area contributed by atoms with Crippen LogP contribution in [0.15, 0.2) is 36.9 Å². The number of carbonyl (C=O) groups is 4. The summed E-state index contributed by atoms with van der Waals surface area (Å²) in [6.45, 7) is 8.35. The molecule has 2 aromatic heterocycles. The highest BCUT2D eigenvalue weighted by Gasteiger charge is 2.50. The van der Waals surface area contributed by atoms with Crippen molar-refractivity contribution in [3.63, 3.8) is 0 Å². The number of hydrogen-bond acceptors (Lipinski definition) is 19. The van der Waals surface area contributed by atoms with E-state index in [0.717, 1.165) is 62.2 Å². The van der Waals surface area contributed by atoms with E-state index >= 15 is 0 Å². The lowest BCUT2D eigenvalue weighted by Crippen LogP contribution is -2.46. The van der Waals surface area contributed by atoms with Crippen LogP contribution in [0.3, 0.4) is 0 Å². The van der Waals surface area contributed by atoms with Crippen molar-refractivity contribution in [2.75, 3.05) is 32.0 Å². The SMILES string of the molecule is CC(C)(CCCCc1cccc(CCCCC(C)(C)C(=O)CCNC(=O)CCNC(=O)C(O)C(C)(C)COP(=O)(O)OP(=O)(O)OCC2OC(n3cnc4c(N)ncnc43)C(O)C2OP(=O)(O)O)c1)OC=O. The number of ketones is 1. The second-order valence-electron chi connectivity index (χ2n) is 19.3. The summed E-state index contributed by atoms with van der Waals surface area (Å²) < 4.78 is 67.7. The summed E-state index contributed by atoms with van der Waals surface area (Å²) in [6, 6.07) is 8.46. The fourth-order valence-corrected chi connectivity index (χ4v) is 10.5. The number of nitrogens with one attached hydrogen (secondary N) is 2. The number of imidazole rings is 1. The van der Waals surface area contributed by atoms with Crippen molar-refractivity contribution in [2.45, 2.75) is 142 Å². The highest BCUT2D eigenvalue weighted by molar-refractivity contribution is 7.61. The first kappa shape index (κ1) is 60.5. The summed E-state index contributed by atoms with van der Waals surface area (Å²) in [6.07, 6.45) is -0.0211. The summed E-state index contributed by atoms with van der Waals surface area (Å²) >= 11 is 0. The van der Waals surface area contributed by atoms with Crippen molar-refractivity contribution in [1.29, 1.82) is 0 Å². The number of rotatable bonds is 32. The lowest BCUT2D eigenvalue weighted by Gasteiger charge is -2.30. The molecule has 0 spiro atoms. The predicted molar refractivity (Wildman–Crippen MR) is 256 cm³/mol. The number of benzene rings is 1. The molecule has 404 valence electrons. The Morgan fingerprint density at radius 1 is 0.889 bits per heavy atom. The van der Waals surface area contributed by atoms with Crippen molar-refractivity contribution in [3.8, 4) is 0 Å². The minimum atomic E-state index is -5.60. The third kappa shape index (κ3) is 19.0. The van der Waals surface area contributed by atoms with Gasteiger partial charge in [0.2, 0.25) is 11.8 Å². The molecule has 3 heterocycles. The van der Waals surface area contributed by atoms with Crippen LogP contribution in [0.4, 0.5) is 5.82 Å². The van der Waals surface area contributed by atoms with E-state index in [-0.39, 0.29) is 48.7 Å². The van der Waals surface area contributed by atoms with Gasteiger partial charge in [-0.25, -0.2) is 28.6 Å². The van der Waals surface area contributed by atoms with Crippen molar-refractivity contribution >= 4 is 64.5 Å². The van der Waals surface area contributed by atoms with Crippen LogP contribution in [-0.2, 0) is 73.1 Å². The van der Waals surface area contributed by atoms with Crippen LogP contribution < -0.4 is 16.4 Å². The number of amides is 2. The van der Waals surface area contributed by atoms with Crippen LogP contribution in [0.25, 0.3) is 11.2 Å². The number of phosphoric acid groups is 3. The Kier molecular flexibility index (Phi) is 21.8. The summed E-state index contributed by atoms with van der Waals surface area (Å²) in [4.78, 5) is 100. The van der Waals surface area contributed by atoms with Gasteiger partial charge in [0.15, 0.2) is 17.7 Å². The Balaban J connectivity index is 1.14. The van der Waals surface area contributed by atoms with Gasteiger partial charge in [-0.3, -0.25) is 37.3 Å². The van der Waals surface area contributed by atoms with Gasteiger partial charge in [0.1, 0.15) is 47.6 Å². The number of nitrogen functional groups attached to an aromatic ring is 1. The van der Waals surface area contributed by atoms with Gasteiger partial charge < -0.3 is 55.6 Å². The molecular weight excluding hydrogens is 1010 g/mol. The first-order valence-electron chi connectivity index (χ1n) is 23.1. The number of aliphatic hydroxyl groups is 2. The summed E-state index contributed by atoms with van der Waals surface area (Å²) in [5.74, 6) is -1.53. The number of carbonyl (C=O) groups excluding carboxylic acids is 4. The largest absolute Gasteiger partial charge is 0.481 e. The lowest BCUT2D eigenvalue weighted by atomic mass is 9.81. The Hall–Kier alpha value is -4.10. The minimum Gasteiger partial charge on any atom is -0.462 e. The molecule has 0 saturated carbocycles. The quantitative estimate of drug-likeness (QED) is 0.0245. The van der Waals surface area contributed by atoms with E-state index in [1.807, 2.05) is 27.7 Å². The number of anilines is 1. The number of fused-ring (bicyclic) bond motifs is 1. The smallest absolute Gasteiger partial charge is 0.462 e. The molecule has 7 atom stereocenters. The summed E-state index contributed by atoms with van der Waals surface area (Å²) in [5.41, 5.74) is 5.65. The summed E-state index contributed by atoms with van der Waals surface area (Å²) in [5, 5.41) is 26.7. The number of aryl methyl sites for hydroxylation is 2. The lowest BCUT2D eigenvalue weighted by molar-refractivity contribution is -0.141. The third-order valence-electron chi connectivity index (χ3n) is 11.9. The van der Waals surface area contributed by atoms with E-state index < -0.39 is 95.6 Å². The van der Waals surface area contributed by atoms with Crippen molar-refractivity contribution < 1.29 is 90.0 Å². The van der Waals surface area contributed by atoms with Crippen LogP contribution in [0.2, 0.25) is 0 Å². The van der Waals surface area contributed by atoms with Gasteiger partial charge in [-0.15, -0.1) is 0 Å². The van der Waals surface area contributed by atoms with E-state index in [2.05, 4.69) is 58.7 Å². The second kappa shape index (κ2) is 25.9. The molecule has 7 unspecified atom stereocenters. The van der Waals surface area contributed by atoms with E-state index in [4.69, 9.17) is 24.3 Å².